The van der Waals surface area contributed by atoms with Gasteiger partial charge in [-0.15, -0.1) is 0 Å². The van der Waals surface area contributed by atoms with Crippen LogP contribution in [-0.4, -0.2) is 74.9 Å². The third kappa shape index (κ3) is 24.3. The van der Waals surface area contributed by atoms with Crippen molar-refractivity contribution in [2.75, 3.05) is 47.5 Å². The van der Waals surface area contributed by atoms with Crippen LogP contribution in [0.2, 0.25) is 0 Å². The van der Waals surface area contributed by atoms with Crippen LogP contribution in [0.1, 0.15) is 115 Å². The first-order chi connectivity index (χ1) is 20.5. The zero-order valence-electron chi connectivity index (χ0n) is 27.3. The molecule has 10 nitrogen and oxygen atoms in total. The second kappa shape index (κ2) is 23.6. The summed E-state index contributed by atoms with van der Waals surface area (Å²) in [5, 5.41) is 0. The highest BCUT2D eigenvalue weighted by atomic mass is 31.2. The van der Waals surface area contributed by atoms with Gasteiger partial charge in [-0.25, -0.2) is 4.57 Å². The van der Waals surface area contributed by atoms with Crippen molar-refractivity contribution in [3.05, 3.63) is 24.2 Å². The zero-order chi connectivity index (χ0) is 31.8. The van der Waals surface area contributed by atoms with Crippen molar-refractivity contribution in [3.63, 3.8) is 0 Å². The van der Waals surface area contributed by atoms with Crippen LogP contribution in [-0.2, 0) is 39.1 Å². The number of hydrogen-bond donors (Lipinski definition) is 1. The first-order valence-corrected chi connectivity index (χ1v) is 17.8. The molecule has 1 N–H and O–H groups in total. The molecule has 43 heavy (non-hydrogen) atoms. The van der Waals surface area contributed by atoms with Crippen LogP contribution in [0.5, 0.6) is 0 Å². The van der Waals surface area contributed by atoms with Crippen LogP contribution in [0.4, 0.5) is 0 Å². The molecule has 0 aliphatic carbocycles. The number of phosphoric acid groups is 1. The summed E-state index contributed by atoms with van der Waals surface area (Å²) in [5.74, 6) is -0.151. The van der Waals surface area contributed by atoms with Crippen molar-refractivity contribution in [3.8, 4) is 0 Å². The maximum absolute atomic E-state index is 12.4. The molecule has 1 aromatic heterocycles. The molecule has 1 rings (SSSR count). The Hall–Kier alpha value is -1.71. The van der Waals surface area contributed by atoms with Gasteiger partial charge in [-0.05, 0) is 25.0 Å². The monoisotopic (exact) mass is 632 g/mol. The Bertz CT molecular complexity index is 886. The van der Waals surface area contributed by atoms with E-state index in [0.717, 1.165) is 25.0 Å². The van der Waals surface area contributed by atoms with Gasteiger partial charge >= 0.3 is 19.8 Å². The minimum atomic E-state index is -4.38. The first kappa shape index (κ1) is 39.3. The second-order valence-corrected chi connectivity index (χ2v) is 13.8. The number of nitrogens with zero attached hydrogens (tertiary/aromatic N) is 1. The van der Waals surface area contributed by atoms with Crippen molar-refractivity contribution in [1.82, 2.24) is 0 Å². The molecule has 0 saturated heterocycles. The zero-order valence-corrected chi connectivity index (χ0v) is 28.2. The highest BCUT2D eigenvalue weighted by Gasteiger charge is 2.27. The average molecular weight is 633 g/mol. The lowest BCUT2D eigenvalue weighted by Crippen LogP contribution is -2.37. The molecule has 0 amide bonds. The molecule has 0 aliphatic heterocycles. The van der Waals surface area contributed by atoms with Gasteiger partial charge in [0.05, 0.1) is 34.0 Å². The molecule has 250 valence electrons. The molecular formula is C32H59NO9P+. The van der Waals surface area contributed by atoms with Crippen LogP contribution in [0.15, 0.2) is 22.8 Å². The average Bonchev–Trinajstić information content (AvgIpc) is 3.45. The summed E-state index contributed by atoms with van der Waals surface area (Å²) in [6.07, 6.45) is 17.8. The Labute approximate surface area is 260 Å². The summed E-state index contributed by atoms with van der Waals surface area (Å²) in [4.78, 5) is 34.8. The Morgan fingerprint density at radius 3 is 1.98 bits per heavy atom. The van der Waals surface area contributed by atoms with Crippen molar-refractivity contribution < 1.29 is 46.5 Å². The van der Waals surface area contributed by atoms with Crippen molar-refractivity contribution >= 4 is 19.8 Å². The number of carbonyl (C=O) groups is 2. The predicted molar refractivity (Wildman–Crippen MR) is 167 cm³/mol. The topological polar surface area (TPSA) is 122 Å². The molecular weight excluding hydrogens is 573 g/mol. The standard InChI is InChI=1S/C32H58NO9P/c1-5-6-7-8-9-10-11-12-13-14-15-16-17-22-31(34)39-27-30(28-41-43(36,37)40-26-24-33(2,3)4)42-32(35)23-18-20-29-21-19-25-38-29/h19,21,25,30H,5-18,20,22-24,26-28H2,1-4H3/p+1. The SMILES string of the molecule is CCCCCCCCCCCCCCCC(=O)OCC(COP(=O)(O)OCC[N+](C)(C)C)OC(=O)CCCc1ccco1. The Balaban J connectivity index is 2.33. The van der Waals surface area contributed by atoms with Gasteiger partial charge in [-0.1, -0.05) is 84.0 Å². The first-order valence-electron chi connectivity index (χ1n) is 16.3. The van der Waals surface area contributed by atoms with E-state index < -0.39 is 32.5 Å². The van der Waals surface area contributed by atoms with E-state index in [2.05, 4.69) is 6.92 Å². The lowest BCUT2D eigenvalue weighted by Gasteiger charge is -2.24. The van der Waals surface area contributed by atoms with Gasteiger partial charge in [0, 0.05) is 19.3 Å². The van der Waals surface area contributed by atoms with Crippen LogP contribution in [0, 0.1) is 0 Å². The Kier molecular flexibility index (Phi) is 21.6. The van der Waals surface area contributed by atoms with E-state index in [-0.39, 0.29) is 26.1 Å². The molecule has 0 saturated carbocycles. The molecule has 0 fully saturated rings. The highest BCUT2D eigenvalue weighted by Crippen LogP contribution is 2.43. The number of esters is 2. The predicted octanol–water partition coefficient (Wildman–Crippen LogP) is 7.38. The number of rotatable bonds is 28. The molecule has 1 aromatic rings. The highest BCUT2D eigenvalue weighted by molar-refractivity contribution is 7.47. The normalized spacial score (nSPS) is 13.9. The van der Waals surface area contributed by atoms with Crippen molar-refractivity contribution in [2.45, 2.75) is 122 Å². The van der Waals surface area contributed by atoms with Gasteiger partial charge in [-0.2, -0.15) is 0 Å². The lowest BCUT2D eigenvalue weighted by atomic mass is 10.0. The number of aryl methyl sites for hydroxylation is 1. The minimum Gasteiger partial charge on any atom is -0.469 e. The maximum Gasteiger partial charge on any atom is 0.472 e. The van der Waals surface area contributed by atoms with Gasteiger partial charge in [0.15, 0.2) is 6.10 Å². The minimum absolute atomic E-state index is 0.0165. The fraction of sp³-hybridized carbons (Fsp3) is 0.812. The summed E-state index contributed by atoms with van der Waals surface area (Å²) < 4.78 is 39.0. The lowest BCUT2D eigenvalue weighted by molar-refractivity contribution is -0.870. The van der Waals surface area contributed by atoms with E-state index in [9.17, 15) is 19.0 Å². The smallest absolute Gasteiger partial charge is 0.469 e. The maximum atomic E-state index is 12.4. The summed E-state index contributed by atoms with van der Waals surface area (Å²) in [7, 11) is 1.42. The fourth-order valence-corrected chi connectivity index (χ4v) is 5.15. The van der Waals surface area contributed by atoms with E-state index in [4.69, 9.17) is 22.9 Å². The summed E-state index contributed by atoms with van der Waals surface area (Å²) in [5.41, 5.74) is 0. The Morgan fingerprint density at radius 1 is 0.837 bits per heavy atom. The fourth-order valence-electron chi connectivity index (χ4n) is 4.41. The van der Waals surface area contributed by atoms with E-state index in [1.165, 1.54) is 64.2 Å². The van der Waals surface area contributed by atoms with Crippen LogP contribution < -0.4 is 0 Å². The van der Waals surface area contributed by atoms with Gasteiger partial charge in [0.25, 0.3) is 0 Å². The Morgan fingerprint density at radius 2 is 1.42 bits per heavy atom. The molecule has 2 atom stereocenters. The number of ether oxygens (including phenoxy) is 2. The number of carbonyl (C=O) groups excluding carboxylic acids is 2. The van der Waals surface area contributed by atoms with Crippen molar-refractivity contribution in [1.29, 1.82) is 0 Å². The van der Waals surface area contributed by atoms with Gasteiger partial charge < -0.3 is 23.3 Å². The van der Waals surface area contributed by atoms with E-state index in [1.807, 2.05) is 27.2 Å². The van der Waals surface area contributed by atoms with Crippen LogP contribution >= 0.6 is 7.82 Å². The quantitative estimate of drug-likeness (QED) is 0.0436. The second-order valence-electron chi connectivity index (χ2n) is 12.3. The third-order valence-corrected chi connectivity index (χ3v) is 8.02. The molecule has 2 unspecified atom stereocenters. The van der Waals surface area contributed by atoms with E-state index >= 15 is 0 Å². The molecule has 0 bridgehead atoms. The molecule has 0 radical (unpaired) electrons. The van der Waals surface area contributed by atoms with Gasteiger partial charge in [-0.3, -0.25) is 18.6 Å². The molecule has 0 aliphatic rings. The summed E-state index contributed by atoms with van der Waals surface area (Å²) in [6.45, 7) is 2.06. The largest absolute Gasteiger partial charge is 0.472 e. The van der Waals surface area contributed by atoms with Gasteiger partial charge in [0.1, 0.15) is 25.5 Å². The van der Waals surface area contributed by atoms with Crippen molar-refractivity contribution in [2.24, 2.45) is 0 Å². The third-order valence-electron chi connectivity index (χ3n) is 7.04. The number of furan rings is 1. The number of quaternary nitrogens is 1. The van der Waals surface area contributed by atoms with E-state index in [0.29, 0.717) is 23.9 Å². The number of likely N-dealkylation sites (N-methyl/N-ethyl adjacent to an activating group) is 1. The van der Waals surface area contributed by atoms with Gasteiger partial charge in [0.2, 0.25) is 0 Å². The van der Waals surface area contributed by atoms with Crippen LogP contribution in [0.3, 0.4) is 0 Å². The van der Waals surface area contributed by atoms with E-state index in [1.54, 1.807) is 12.3 Å². The molecule has 0 aromatic carbocycles. The number of hydrogen-bond acceptors (Lipinski definition) is 8. The molecule has 1 heterocycles. The summed E-state index contributed by atoms with van der Waals surface area (Å²) >= 11 is 0. The summed E-state index contributed by atoms with van der Waals surface area (Å²) in [6, 6.07) is 3.61. The molecule has 0 spiro atoms. The number of phosphoric ester groups is 1. The van der Waals surface area contributed by atoms with Crippen LogP contribution in [0.25, 0.3) is 0 Å². The molecule has 11 heteroatoms. The number of unbranched alkanes of at least 4 members (excludes halogenated alkanes) is 12.